The van der Waals surface area contributed by atoms with Gasteiger partial charge in [-0.05, 0) is 19.8 Å². The molecule has 1 fully saturated rings. The Morgan fingerprint density at radius 2 is 2.36 bits per heavy atom. The number of amidine groups is 1. The second-order valence-electron chi connectivity index (χ2n) is 3.61. The molecule has 0 amide bonds. The molecule has 0 bridgehead atoms. The fourth-order valence-electron chi connectivity index (χ4n) is 1.78. The van der Waals surface area contributed by atoms with E-state index in [9.17, 15) is 0 Å². The molecule has 76 valence electrons. The standard InChI is InChI=1S/C10H16N4/c1-2-13-8-9(7-12-13)14-6-4-3-5-10(14)11/h7-8,11H,2-6H2,1H3. The minimum Gasteiger partial charge on any atom is -0.328 e. The van der Waals surface area contributed by atoms with E-state index in [-0.39, 0.29) is 0 Å². The number of aryl methyl sites for hydroxylation is 1. The molecule has 0 atom stereocenters. The lowest BCUT2D eigenvalue weighted by Crippen LogP contribution is -2.34. The Labute approximate surface area is 84.0 Å². The molecule has 4 heteroatoms. The topological polar surface area (TPSA) is 44.9 Å². The van der Waals surface area contributed by atoms with Crippen molar-refractivity contribution < 1.29 is 0 Å². The Balaban J connectivity index is 2.16. The number of piperidine rings is 1. The molecular formula is C10H16N4. The minimum absolute atomic E-state index is 0.729. The van der Waals surface area contributed by atoms with Gasteiger partial charge in [-0.25, -0.2) is 0 Å². The Kier molecular flexibility index (Phi) is 2.52. The van der Waals surface area contributed by atoms with E-state index in [1.54, 1.807) is 0 Å². The number of rotatable bonds is 2. The van der Waals surface area contributed by atoms with Crippen LogP contribution in [0.2, 0.25) is 0 Å². The summed E-state index contributed by atoms with van der Waals surface area (Å²) in [6.07, 6.45) is 7.09. The highest BCUT2D eigenvalue weighted by atomic mass is 15.3. The van der Waals surface area contributed by atoms with Gasteiger partial charge >= 0.3 is 0 Å². The summed E-state index contributed by atoms with van der Waals surface area (Å²) in [7, 11) is 0. The van der Waals surface area contributed by atoms with Crippen LogP contribution in [0.1, 0.15) is 26.2 Å². The molecule has 4 nitrogen and oxygen atoms in total. The summed E-state index contributed by atoms with van der Waals surface area (Å²) in [5, 5.41) is 12.1. The van der Waals surface area contributed by atoms with Gasteiger partial charge in [0.2, 0.25) is 0 Å². The van der Waals surface area contributed by atoms with E-state index in [0.29, 0.717) is 0 Å². The summed E-state index contributed by atoms with van der Waals surface area (Å²) >= 11 is 0. The molecular weight excluding hydrogens is 176 g/mol. The monoisotopic (exact) mass is 192 g/mol. The van der Waals surface area contributed by atoms with Crippen LogP contribution in [0.5, 0.6) is 0 Å². The van der Waals surface area contributed by atoms with Gasteiger partial charge in [0.05, 0.1) is 11.9 Å². The first-order chi connectivity index (χ1) is 6.81. The zero-order chi connectivity index (χ0) is 9.97. The molecule has 1 saturated heterocycles. The smallest absolute Gasteiger partial charge is 0.100 e. The van der Waals surface area contributed by atoms with Crippen molar-refractivity contribution in [2.75, 3.05) is 11.4 Å². The third-order valence-electron chi connectivity index (χ3n) is 2.63. The lowest BCUT2D eigenvalue weighted by Gasteiger charge is -2.27. The molecule has 1 aromatic heterocycles. The SMILES string of the molecule is CCn1cc(N2CCCCC2=N)cn1. The van der Waals surface area contributed by atoms with Crippen LogP contribution < -0.4 is 4.90 Å². The summed E-state index contributed by atoms with van der Waals surface area (Å²) in [5.41, 5.74) is 1.07. The number of nitrogens with one attached hydrogen (secondary N) is 1. The van der Waals surface area contributed by atoms with Crippen LogP contribution in [0.25, 0.3) is 0 Å². The second-order valence-corrected chi connectivity index (χ2v) is 3.61. The largest absolute Gasteiger partial charge is 0.328 e. The van der Waals surface area contributed by atoms with Gasteiger partial charge in [-0.3, -0.25) is 10.1 Å². The van der Waals surface area contributed by atoms with E-state index >= 15 is 0 Å². The molecule has 0 radical (unpaired) electrons. The van der Waals surface area contributed by atoms with E-state index in [0.717, 1.165) is 37.5 Å². The van der Waals surface area contributed by atoms with Gasteiger partial charge in [-0.1, -0.05) is 0 Å². The van der Waals surface area contributed by atoms with Gasteiger partial charge < -0.3 is 4.90 Å². The van der Waals surface area contributed by atoms with Gasteiger partial charge in [0.15, 0.2) is 0 Å². The van der Waals surface area contributed by atoms with E-state index in [2.05, 4.69) is 16.9 Å². The van der Waals surface area contributed by atoms with Crippen LogP contribution in [-0.4, -0.2) is 22.2 Å². The van der Waals surface area contributed by atoms with Crippen molar-refractivity contribution in [2.45, 2.75) is 32.7 Å². The van der Waals surface area contributed by atoms with Crippen LogP contribution in [-0.2, 0) is 6.54 Å². The normalized spacial score (nSPS) is 17.5. The van der Waals surface area contributed by atoms with Gasteiger partial charge in [0, 0.05) is 25.7 Å². The lowest BCUT2D eigenvalue weighted by molar-refractivity contribution is 0.659. The van der Waals surface area contributed by atoms with Gasteiger partial charge in [-0.2, -0.15) is 5.10 Å². The second kappa shape index (κ2) is 3.82. The van der Waals surface area contributed by atoms with E-state index < -0.39 is 0 Å². The van der Waals surface area contributed by atoms with E-state index in [4.69, 9.17) is 5.41 Å². The average molecular weight is 192 g/mol. The highest BCUT2D eigenvalue weighted by Gasteiger charge is 2.17. The van der Waals surface area contributed by atoms with Crippen LogP contribution in [0.15, 0.2) is 12.4 Å². The summed E-state index contributed by atoms with van der Waals surface area (Å²) in [4.78, 5) is 2.06. The van der Waals surface area contributed by atoms with Crippen molar-refractivity contribution >= 4 is 11.5 Å². The molecule has 0 aromatic carbocycles. The predicted octanol–water partition coefficient (Wildman–Crippen LogP) is 1.87. The molecule has 1 aromatic rings. The van der Waals surface area contributed by atoms with Crippen molar-refractivity contribution in [3.05, 3.63) is 12.4 Å². The number of hydrogen-bond acceptors (Lipinski definition) is 2. The zero-order valence-electron chi connectivity index (χ0n) is 8.53. The maximum Gasteiger partial charge on any atom is 0.100 e. The first kappa shape index (κ1) is 9.24. The molecule has 1 N–H and O–H groups in total. The molecule has 0 unspecified atom stereocenters. The van der Waals surface area contributed by atoms with Crippen LogP contribution in [0, 0.1) is 5.41 Å². The van der Waals surface area contributed by atoms with Gasteiger partial charge in [0.25, 0.3) is 0 Å². The zero-order valence-corrected chi connectivity index (χ0v) is 8.53. The van der Waals surface area contributed by atoms with Crippen molar-refractivity contribution in [3.63, 3.8) is 0 Å². The number of hydrogen-bond donors (Lipinski definition) is 1. The highest BCUT2D eigenvalue weighted by molar-refractivity contribution is 5.95. The maximum absolute atomic E-state index is 7.84. The van der Waals surface area contributed by atoms with Crippen molar-refractivity contribution in [3.8, 4) is 0 Å². The molecule has 1 aliphatic rings. The minimum atomic E-state index is 0.729. The predicted molar refractivity (Wildman–Crippen MR) is 56.8 cm³/mol. The first-order valence-corrected chi connectivity index (χ1v) is 5.18. The Morgan fingerprint density at radius 3 is 3.00 bits per heavy atom. The fraction of sp³-hybridized carbons (Fsp3) is 0.600. The van der Waals surface area contributed by atoms with Gasteiger partial charge in [-0.15, -0.1) is 0 Å². The molecule has 0 spiro atoms. The van der Waals surface area contributed by atoms with Crippen molar-refractivity contribution in [2.24, 2.45) is 0 Å². The molecule has 1 aliphatic heterocycles. The van der Waals surface area contributed by atoms with Crippen LogP contribution in [0.3, 0.4) is 0 Å². The molecule has 2 rings (SSSR count). The average Bonchev–Trinajstić information content (AvgIpc) is 2.67. The third-order valence-corrected chi connectivity index (χ3v) is 2.63. The number of anilines is 1. The van der Waals surface area contributed by atoms with Crippen molar-refractivity contribution in [1.82, 2.24) is 9.78 Å². The van der Waals surface area contributed by atoms with E-state index in [1.165, 1.54) is 6.42 Å². The third kappa shape index (κ3) is 1.64. The number of nitrogens with zero attached hydrogens (tertiary/aromatic N) is 3. The molecule has 0 saturated carbocycles. The Hall–Kier alpha value is -1.32. The molecule has 2 heterocycles. The summed E-state index contributed by atoms with van der Waals surface area (Å²) in [5.74, 6) is 0.729. The molecule has 0 aliphatic carbocycles. The van der Waals surface area contributed by atoms with Crippen molar-refractivity contribution in [1.29, 1.82) is 5.41 Å². The molecule has 14 heavy (non-hydrogen) atoms. The maximum atomic E-state index is 7.84. The highest BCUT2D eigenvalue weighted by Crippen LogP contribution is 2.19. The summed E-state index contributed by atoms with van der Waals surface area (Å²) < 4.78 is 1.90. The quantitative estimate of drug-likeness (QED) is 0.777. The van der Waals surface area contributed by atoms with E-state index in [1.807, 2.05) is 17.1 Å². The van der Waals surface area contributed by atoms with Crippen LogP contribution >= 0.6 is 0 Å². The number of aromatic nitrogens is 2. The fourth-order valence-corrected chi connectivity index (χ4v) is 1.78. The summed E-state index contributed by atoms with van der Waals surface area (Å²) in [6.45, 7) is 3.92. The van der Waals surface area contributed by atoms with Crippen LogP contribution in [0.4, 0.5) is 5.69 Å². The lowest BCUT2D eigenvalue weighted by atomic mass is 10.1. The summed E-state index contributed by atoms with van der Waals surface area (Å²) in [6, 6.07) is 0. The van der Waals surface area contributed by atoms with Gasteiger partial charge in [0.1, 0.15) is 5.84 Å². The first-order valence-electron chi connectivity index (χ1n) is 5.18. The Morgan fingerprint density at radius 1 is 1.50 bits per heavy atom. The Bertz CT molecular complexity index is 329.